The Labute approximate surface area is 164 Å². The predicted octanol–water partition coefficient (Wildman–Crippen LogP) is 3.39. The Balaban J connectivity index is 1.91. The van der Waals surface area contributed by atoms with Gasteiger partial charge in [-0.2, -0.15) is 0 Å². The number of unbranched alkanes of at least 4 members (excludes halogenated alkanes) is 1. The van der Waals surface area contributed by atoms with Gasteiger partial charge in [0.25, 0.3) is 0 Å². The van der Waals surface area contributed by atoms with Gasteiger partial charge in [0.05, 0.1) is 4.90 Å². The maximum absolute atomic E-state index is 13.0. The zero-order valence-electron chi connectivity index (χ0n) is 15.6. The van der Waals surface area contributed by atoms with E-state index in [1.165, 1.54) is 12.1 Å². The molecule has 1 heterocycles. The topological polar surface area (TPSA) is 96.4 Å². The molecule has 0 aliphatic carbocycles. The highest BCUT2D eigenvalue weighted by atomic mass is 32.2. The molecular weight excluding hydrogens is 383 g/mol. The number of carbonyl (C=O) groups is 1. The third-order valence-corrected chi connectivity index (χ3v) is 5.95. The number of aliphatic carboxylic acids is 1. The van der Waals surface area contributed by atoms with Gasteiger partial charge in [-0.15, -0.1) is 0 Å². The minimum atomic E-state index is -3.69. The van der Waals surface area contributed by atoms with Crippen LogP contribution in [0.4, 0.5) is 4.39 Å². The van der Waals surface area contributed by atoms with E-state index in [0.29, 0.717) is 12.8 Å². The van der Waals surface area contributed by atoms with Gasteiger partial charge in [0.15, 0.2) is 0 Å². The minimum absolute atomic E-state index is 0.0270. The number of nitrogens with one attached hydrogen (secondary N) is 1. The number of aromatic nitrogens is 1. The molecule has 2 aromatic rings. The van der Waals surface area contributed by atoms with Gasteiger partial charge in [-0.1, -0.05) is 18.9 Å². The molecule has 1 atom stereocenters. The molecule has 2 N–H and O–H groups in total. The first-order valence-electron chi connectivity index (χ1n) is 9.23. The molecule has 0 fully saturated rings. The van der Waals surface area contributed by atoms with E-state index in [-0.39, 0.29) is 23.8 Å². The maximum atomic E-state index is 13.0. The van der Waals surface area contributed by atoms with E-state index in [2.05, 4.69) is 9.71 Å². The van der Waals surface area contributed by atoms with Crippen molar-refractivity contribution in [1.82, 2.24) is 9.71 Å². The summed E-state index contributed by atoms with van der Waals surface area (Å²) in [7, 11) is -3.69. The second kappa shape index (κ2) is 10.9. The Morgan fingerprint density at radius 1 is 1.14 bits per heavy atom. The van der Waals surface area contributed by atoms with Crippen LogP contribution in [0.15, 0.2) is 53.7 Å². The SMILES string of the molecule is O=C(O)CCCCC(CCNS(=O)(=O)c1ccc(F)cc1)Cc1cccnc1. The highest BCUT2D eigenvalue weighted by Crippen LogP contribution is 2.19. The van der Waals surface area contributed by atoms with Crippen LogP contribution in [-0.2, 0) is 21.2 Å². The van der Waals surface area contributed by atoms with Gasteiger partial charge in [0.1, 0.15) is 5.82 Å². The number of benzene rings is 1. The number of nitrogens with zero attached hydrogens (tertiary/aromatic N) is 1. The van der Waals surface area contributed by atoms with E-state index in [1.807, 2.05) is 12.1 Å². The summed E-state index contributed by atoms with van der Waals surface area (Å²) < 4.78 is 40.2. The fourth-order valence-electron chi connectivity index (χ4n) is 3.00. The Morgan fingerprint density at radius 3 is 2.54 bits per heavy atom. The third kappa shape index (κ3) is 7.74. The smallest absolute Gasteiger partial charge is 0.303 e. The largest absolute Gasteiger partial charge is 0.481 e. The lowest BCUT2D eigenvalue weighted by molar-refractivity contribution is -0.137. The molecule has 8 heteroatoms. The lowest BCUT2D eigenvalue weighted by Crippen LogP contribution is -2.26. The fourth-order valence-corrected chi connectivity index (χ4v) is 4.05. The van der Waals surface area contributed by atoms with E-state index in [1.54, 1.807) is 12.4 Å². The molecule has 1 aromatic heterocycles. The molecule has 0 aliphatic rings. The first kappa shape index (κ1) is 22.0. The van der Waals surface area contributed by atoms with E-state index in [9.17, 15) is 17.6 Å². The number of hydrogen-bond donors (Lipinski definition) is 2. The number of carboxylic acid groups (broad SMARTS) is 1. The van der Waals surface area contributed by atoms with Crippen molar-refractivity contribution < 1.29 is 22.7 Å². The predicted molar refractivity (Wildman–Crippen MR) is 104 cm³/mol. The van der Waals surface area contributed by atoms with Crippen molar-refractivity contribution in [3.05, 3.63) is 60.2 Å². The van der Waals surface area contributed by atoms with Crippen molar-refractivity contribution >= 4 is 16.0 Å². The molecular formula is C20H25FN2O4S. The van der Waals surface area contributed by atoms with Gasteiger partial charge in [0.2, 0.25) is 10.0 Å². The van der Waals surface area contributed by atoms with Gasteiger partial charge >= 0.3 is 5.97 Å². The molecule has 0 radical (unpaired) electrons. The van der Waals surface area contributed by atoms with Gasteiger partial charge in [-0.3, -0.25) is 9.78 Å². The Bertz CT molecular complexity index is 842. The number of sulfonamides is 1. The lowest BCUT2D eigenvalue weighted by atomic mass is 9.91. The Morgan fingerprint density at radius 2 is 1.89 bits per heavy atom. The monoisotopic (exact) mass is 408 g/mol. The molecule has 0 aliphatic heterocycles. The van der Waals surface area contributed by atoms with Crippen molar-refractivity contribution in [3.8, 4) is 0 Å². The molecule has 0 bridgehead atoms. The molecule has 152 valence electrons. The number of pyridine rings is 1. The van der Waals surface area contributed by atoms with Crippen LogP contribution < -0.4 is 4.72 Å². The minimum Gasteiger partial charge on any atom is -0.481 e. The van der Waals surface area contributed by atoms with Crippen LogP contribution in [0, 0.1) is 11.7 Å². The average molecular weight is 408 g/mol. The summed E-state index contributed by atoms with van der Waals surface area (Å²) in [6.07, 6.45) is 7.15. The summed E-state index contributed by atoms with van der Waals surface area (Å²) in [6.45, 7) is 0.254. The van der Waals surface area contributed by atoms with Crippen molar-refractivity contribution in [2.24, 2.45) is 5.92 Å². The number of rotatable bonds is 12. The Kier molecular flexibility index (Phi) is 8.53. The third-order valence-electron chi connectivity index (χ3n) is 4.47. The van der Waals surface area contributed by atoms with Crippen LogP contribution in [0.25, 0.3) is 0 Å². The van der Waals surface area contributed by atoms with E-state index in [0.717, 1.165) is 37.0 Å². The summed E-state index contributed by atoms with van der Waals surface area (Å²) in [6, 6.07) is 8.52. The zero-order valence-corrected chi connectivity index (χ0v) is 16.4. The van der Waals surface area contributed by atoms with Crippen LogP contribution in [0.1, 0.15) is 37.7 Å². The second-order valence-corrected chi connectivity index (χ2v) is 8.48. The summed E-state index contributed by atoms with van der Waals surface area (Å²) >= 11 is 0. The summed E-state index contributed by atoms with van der Waals surface area (Å²) in [5.41, 5.74) is 1.06. The Hall–Kier alpha value is -2.32. The summed E-state index contributed by atoms with van der Waals surface area (Å²) in [4.78, 5) is 14.8. The molecule has 0 saturated carbocycles. The molecule has 2 rings (SSSR count). The first-order valence-corrected chi connectivity index (χ1v) is 10.7. The number of hydrogen-bond acceptors (Lipinski definition) is 4. The van der Waals surface area contributed by atoms with Crippen molar-refractivity contribution in [2.45, 2.75) is 43.4 Å². The van der Waals surface area contributed by atoms with Crippen molar-refractivity contribution in [1.29, 1.82) is 0 Å². The summed E-state index contributed by atoms with van der Waals surface area (Å²) in [5.74, 6) is -1.10. The standard InChI is InChI=1S/C20H25FN2O4S/c21-18-7-9-19(10-8-18)28(26,27)23-13-11-16(4-1-2-6-20(24)25)14-17-5-3-12-22-15-17/h3,5,7-10,12,15-16,23H,1-2,4,6,11,13-14H2,(H,24,25). The molecule has 0 amide bonds. The highest BCUT2D eigenvalue weighted by molar-refractivity contribution is 7.89. The molecule has 1 aromatic carbocycles. The zero-order chi connectivity index (χ0) is 20.4. The van der Waals surface area contributed by atoms with Gasteiger partial charge < -0.3 is 5.11 Å². The van der Waals surface area contributed by atoms with Crippen LogP contribution in [0.5, 0.6) is 0 Å². The molecule has 0 spiro atoms. The quantitative estimate of drug-likeness (QED) is 0.525. The molecule has 0 saturated heterocycles. The first-order chi connectivity index (χ1) is 13.4. The highest BCUT2D eigenvalue weighted by Gasteiger charge is 2.16. The fraction of sp³-hybridized carbons (Fsp3) is 0.400. The van der Waals surface area contributed by atoms with Gasteiger partial charge in [-0.25, -0.2) is 17.5 Å². The van der Waals surface area contributed by atoms with E-state index < -0.39 is 21.8 Å². The van der Waals surface area contributed by atoms with Crippen LogP contribution in [0.2, 0.25) is 0 Å². The van der Waals surface area contributed by atoms with Crippen molar-refractivity contribution in [2.75, 3.05) is 6.54 Å². The van der Waals surface area contributed by atoms with Crippen LogP contribution in [-0.4, -0.2) is 31.0 Å². The van der Waals surface area contributed by atoms with Gasteiger partial charge in [-0.05, 0) is 61.1 Å². The molecule has 1 unspecified atom stereocenters. The van der Waals surface area contributed by atoms with Crippen molar-refractivity contribution in [3.63, 3.8) is 0 Å². The van der Waals surface area contributed by atoms with Crippen LogP contribution in [0.3, 0.4) is 0 Å². The number of carboxylic acids is 1. The number of halogens is 1. The molecule has 28 heavy (non-hydrogen) atoms. The van der Waals surface area contributed by atoms with Gasteiger partial charge in [0, 0.05) is 25.4 Å². The van der Waals surface area contributed by atoms with E-state index >= 15 is 0 Å². The lowest BCUT2D eigenvalue weighted by Gasteiger charge is -2.17. The average Bonchev–Trinajstić information content (AvgIpc) is 2.66. The normalized spacial score (nSPS) is 12.6. The summed E-state index contributed by atoms with van der Waals surface area (Å²) in [5, 5.41) is 8.76. The molecule has 6 nitrogen and oxygen atoms in total. The van der Waals surface area contributed by atoms with Crippen LogP contribution >= 0.6 is 0 Å². The second-order valence-electron chi connectivity index (χ2n) is 6.71. The maximum Gasteiger partial charge on any atom is 0.303 e. The van der Waals surface area contributed by atoms with E-state index in [4.69, 9.17) is 5.11 Å².